The number of anilines is 2. The average Bonchev–Trinajstić information content (AvgIpc) is 2.80. The van der Waals surface area contributed by atoms with Crippen LogP contribution in [-0.2, 0) is 6.54 Å². The highest BCUT2D eigenvalue weighted by Crippen LogP contribution is 2.39. The molecule has 0 bridgehead atoms. The van der Waals surface area contributed by atoms with E-state index in [2.05, 4.69) is 27.3 Å². The van der Waals surface area contributed by atoms with Crippen molar-refractivity contribution in [3.05, 3.63) is 77.5 Å². The molecule has 1 unspecified atom stereocenters. The molecule has 0 radical (unpaired) electrons. The first kappa shape index (κ1) is 20.5. The van der Waals surface area contributed by atoms with Crippen molar-refractivity contribution in [3.63, 3.8) is 0 Å². The van der Waals surface area contributed by atoms with E-state index in [-0.39, 0.29) is 11.6 Å². The Kier molecular flexibility index (Phi) is 5.93. The lowest BCUT2D eigenvalue weighted by molar-refractivity contribution is 0.0697. The van der Waals surface area contributed by atoms with Crippen LogP contribution in [0.4, 0.5) is 11.5 Å². The van der Waals surface area contributed by atoms with E-state index in [1.54, 1.807) is 25.4 Å². The predicted octanol–water partition coefficient (Wildman–Crippen LogP) is 4.36. The molecule has 2 aromatic carbocycles. The monoisotopic (exact) mass is 419 g/mol. The zero-order valence-electron chi connectivity index (χ0n) is 17.5. The molecule has 1 aliphatic heterocycles. The van der Waals surface area contributed by atoms with Gasteiger partial charge in [-0.25, -0.2) is 9.78 Å². The summed E-state index contributed by atoms with van der Waals surface area (Å²) in [6.45, 7) is 4.11. The molecular formula is C24H25N3O4. The number of benzene rings is 2. The number of nitrogens with zero attached hydrogens (tertiary/aromatic N) is 2. The van der Waals surface area contributed by atoms with Gasteiger partial charge in [0.05, 0.1) is 25.3 Å². The van der Waals surface area contributed by atoms with Crippen LogP contribution < -0.4 is 19.7 Å². The number of carboxylic acid groups (broad SMARTS) is 1. The first-order chi connectivity index (χ1) is 15.0. The van der Waals surface area contributed by atoms with Crippen molar-refractivity contribution in [1.29, 1.82) is 0 Å². The van der Waals surface area contributed by atoms with Crippen LogP contribution in [0.1, 0.15) is 34.5 Å². The summed E-state index contributed by atoms with van der Waals surface area (Å²) >= 11 is 0. The van der Waals surface area contributed by atoms with Crippen LogP contribution in [0, 0.1) is 0 Å². The molecule has 0 amide bonds. The molecule has 1 aliphatic rings. The number of hydrogen-bond donors (Lipinski definition) is 2. The Balaban J connectivity index is 1.57. The van der Waals surface area contributed by atoms with Gasteiger partial charge in [0.25, 0.3) is 0 Å². The lowest BCUT2D eigenvalue weighted by atomic mass is 10.1. The van der Waals surface area contributed by atoms with Crippen LogP contribution in [0.5, 0.6) is 11.5 Å². The number of aromatic nitrogens is 1. The van der Waals surface area contributed by atoms with E-state index < -0.39 is 5.97 Å². The van der Waals surface area contributed by atoms with Crippen LogP contribution in [0.25, 0.3) is 0 Å². The number of ether oxygens (including phenoxy) is 2. The molecule has 0 spiro atoms. The van der Waals surface area contributed by atoms with E-state index in [1.165, 1.54) is 5.56 Å². The van der Waals surface area contributed by atoms with Crippen LogP contribution >= 0.6 is 0 Å². The number of methoxy groups -OCH3 is 1. The third-order valence-electron chi connectivity index (χ3n) is 5.37. The standard InChI is InChI=1S/C24H25N3O4/c1-16(18-5-7-19(8-6-18)24(28)29)26-23-22-21(11-12-25-23)31-14-13-27(22)15-17-3-9-20(30-2)10-4-17/h3-12,16H,13-15H2,1-2H3,(H,25,26)(H,28,29). The summed E-state index contributed by atoms with van der Waals surface area (Å²) < 4.78 is 11.1. The fraction of sp³-hybridized carbons (Fsp3) is 0.250. The summed E-state index contributed by atoms with van der Waals surface area (Å²) in [4.78, 5) is 17.9. The van der Waals surface area contributed by atoms with E-state index in [1.807, 2.05) is 37.3 Å². The van der Waals surface area contributed by atoms with Crippen LogP contribution in [0.3, 0.4) is 0 Å². The Morgan fingerprint density at radius 3 is 2.61 bits per heavy atom. The molecule has 0 aliphatic carbocycles. The molecule has 1 atom stereocenters. The van der Waals surface area contributed by atoms with Crippen molar-refractivity contribution in [1.82, 2.24) is 4.98 Å². The summed E-state index contributed by atoms with van der Waals surface area (Å²) in [5, 5.41) is 12.6. The van der Waals surface area contributed by atoms with Crippen molar-refractivity contribution in [2.75, 3.05) is 30.5 Å². The second kappa shape index (κ2) is 8.95. The number of pyridine rings is 1. The van der Waals surface area contributed by atoms with Gasteiger partial charge < -0.3 is 24.8 Å². The molecule has 3 aromatic rings. The number of carboxylic acids is 1. The molecule has 7 heteroatoms. The van der Waals surface area contributed by atoms with Gasteiger partial charge in [-0.1, -0.05) is 24.3 Å². The fourth-order valence-electron chi connectivity index (χ4n) is 3.65. The summed E-state index contributed by atoms with van der Waals surface area (Å²) in [6, 6.07) is 16.7. The van der Waals surface area contributed by atoms with E-state index in [9.17, 15) is 4.79 Å². The maximum Gasteiger partial charge on any atom is 0.335 e. The third kappa shape index (κ3) is 4.55. The zero-order valence-corrected chi connectivity index (χ0v) is 17.5. The Labute approximate surface area is 181 Å². The largest absolute Gasteiger partial charge is 0.497 e. The SMILES string of the molecule is COc1ccc(CN2CCOc3ccnc(NC(C)c4ccc(C(=O)O)cc4)c32)cc1. The fourth-order valence-corrected chi connectivity index (χ4v) is 3.65. The van der Waals surface area contributed by atoms with Gasteiger partial charge in [-0.05, 0) is 42.3 Å². The molecule has 160 valence electrons. The highest BCUT2D eigenvalue weighted by Gasteiger charge is 2.24. The minimum absolute atomic E-state index is 0.0633. The maximum atomic E-state index is 11.1. The third-order valence-corrected chi connectivity index (χ3v) is 5.37. The minimum atomic E-state index is -0.933. The van der Waals surface area contributed by atoms with Crippen molar-refractivity contribution < 1.29 is 19.4 Å². The van der Waals surface area contributed by atoms with Gasteiger partial charge in [-0.2, -0.15) is 0 Å². The molecule has 2 N–H and O–H groups in total. The number of rotatable bonds is 7. The molecule has 4 rings (SSSR count). The van der Waals surface area contributed by atoms with E-state index >= 15 is 0 Å². The average molecular weight is 419 g/mol. The second-order valence-electron chi connectivity index (χ2n) is 7.42. The van der Waals surface area contributed by atoms with Crippen LogP contribution in [0.15, 0.2) is 60.8 Å². The normalized spacial score (nSPS) is 13.7. The minimum Gasteiger partial charge on any atom is -0.497 e. The van der Waals surface area contributed by atoms with Gasteiger partial charge in [0, 0.05) is 18.8 Å². The zero-order chi connectivity index (χ0) is 21.8. The van der Waals surface area contributed by atoms with Crippen LogP contribution in [0.2, 0.25) is 0 Å². The first-order valence-corrected chi connectivity index (χ1v) is 10.1. The number of carbonyl (C=O) groups is 1. The molecule has 0 saturated carbocycles. The number of aromatic carboxylic acids is 1. The Bertz CT molecular complexity index is 1050. The highest BCUT2D eigenvalue weighted by atomic mass is 16.5. The van der Waals surface area contributed by atoms with E-state index in [0.717, 1.165) is 41.7 Å². The second-order valence-corrected chi connectivity index (χ2v) is 7.42. The Hall–Kier alpha value is -3.74. The summed E-state index contributed by atoms with van der Waals surface area (Å²) in [7, 11) is 1.66. The molecule has 7 nitrogen and oxygen atoms in total. The molecule has 2 heterocycles. The van der Waals surface area contributed by atoms with Crippen molar-refractivity contribution >= 4 is 17.5 Å². The van der Waals surface area contributed by atoms with Gasteiger partial charge in [0.1, 0.15) is 23.8 Å². The summed E-state index contributed by atoms with van der Waals surface area (Å²) in [5.74, 6) is 1.43. The Morgan fingerprint density at radius 1 is 1.19 bits per heavy atom. The first-order valence-electron chi connectivity index (χ1n) is 10.1. The van der Waals surface area contributed by atoms with Crippen molar-refractivity contribution in [3.8, 4) is 11.5 Å². The van der Waals surface area contributed by atoms with Gasteiger partial charge in [0.15, 0.2) is 5.82 Å². The number of nitrogens with one attached hydrogen (secondary N) is 1. The highest BCUT2D eigenvalue weighted by molar-refractivity contribution is 5.87. The summed E-state index contributed by atoms with van der Waals surface area (Å²) in [6.07, 6.45) is 1.73. The van der Waals surface area contributed by atoms with Gasteiger partial charge in [-0.3, -0.25) is 0 Å². The molecular weight excluding hydrogens is 394 g/mol. The summed E-state index contributed by atoms with van der Waals surface area (Å²) in [5.41, 5.74) is 3.34. The number of hydrogen-bond acceptors (Lipinski definition) is 6. The molecule has 1 aromatic heterocycles. The van der Waals surface area contributed by atoms with Gasteiger partial charge in [-0.15, -0.1) is 0 Å². The van der Waals surface area contributed by atoms with Crippen LogP contribution in [-0.4, -0.2) is 36.3 Å². The lowest BCUT2D eigenvalue weighted by Gasteiger charge is -2.33. The van der Waals surface area contributed by atoms with Gasteiger partial charge in [0.2, 0.25) is 0 Å². The lowest BCUT2D eigenvalue weighted by Crippen LogP contribution is -2.33. The molecule has 31 heavy (non-hydrogen) atoms. The van der Waals surface area contributed by atoms with Gasteiger partial charge >= 0.3 is 5.97 Å². The molecule has 0 fully saturated rings. The van der Waals surface area contributed by atoms with E-state index in [0.29, 0.717) is 6.61 Å². The van der Waals surface area contributed by atoms with Crippen molar-refractivity contribution in [2.45, 2.75) is 19.5 Å². The smallest absolute Gasteiger partial charge is 0.335 e. The van der Waals surface area contributed by atoms with E-state index in [4.69, 9.17) is 14.6 Å². The maximum absolute atomic E-state index is 11.1. The Morgan fingerprint density at radius 2 is 1.94 bits per heavy atom. The topological polar surface area (TPSA) is 83.9 Å². The molecule has 0 saturated heterocycles. The predicted molar refractivity (Wildman–Crippen MR) is 119 cm³/mol. The number of fused-ring (bicyclic) bond motifs is 1. The quantitative estimate of drug-likeness (QED) is 0.589. The van der Waals surface area contributed by atoms with Crippen molar-refractivity contribution in [2.24, 2.45) is 0 Å².